The van der Waals surface area contributed by atoms with Crippen molar-refractivity contribution in [1.29, 1.82) is 0 Å². The maximum Gasteiger partial charge on any atom is 0.332 e. The van der Waals surface area contributed by atoms with E-state index in [-0.39, 0.29) is 11.6 Å². The molecule has 17 heavy (non-hydrogen) atoms. The van der Waals surface area contributed by atoms with E-state index < -0.39 is 5.69 Å². The van der Waals surface area contributed by atoms with Crippen LogP contribution in [0.4, 0.5) is 0 Å². The van der Waals surface area contributed by atoms with Crippen LogP contribution >= 0.6 is 0 Å². The van der Waals surface area contributed by atoms with Crippen LogP contribution in [0, 0.1) is 0 Å². The minimum atomic E-state index is -0.398. The van der Waals surface area contributed by atoms with Crippen molar-refractivity contribution in [1.82, 2.24) is 19.1 Å². The van der Waals surface area contributed by atoms with Crippen molar-refractivity contribution >= 4 is 11.2 Å². The largest absolute Gasteiger partial charge is 0.335 e. The summed E-state index contributed by atoms with van der Waals surface area (Å²) in [6, 6.07) is -0.262. The van der Waals surface area contributed by atoms with Crippen molar-refractivity contribution in [2.24, 2.45) is 19.8 Å². The number of H-pyrrole nitrogens is 1. The zero-order valence-electron chi connectivity index (χ0n) is 10.0. The quantitative estimate of drug-likeness (QED) is 0.726. The Morgan fingerprint density at radius 1 is 1.35 bits per heavy atom. The first-order valence-corrected chi connectivity index (χ1v) is 5.38. The van der Waals surface area contributed by atoms with Gasteiger partial charge in [0.2, 0.25) is 0 Å². The Bertz CT molecular complexity index is 678. The summed E-state index contributed by atoms with van der Waals surface area (Å²) in [7, 11) is 3.01. The summed E-state index contributed by atoms with van der Waals surface area (Å²) >= 11 is 0. The van der Waals surface area contributed by atoms with Gasteiger partial charge in [0.25, 0.3) is 5.56 Å². The monoisotopic (exact) mass is 237 g/mol. The van der Waals surface area contributed by atoms with E-state index >= 15 is 0 Å². The highest BCUT2D eigenvalue weighted by Crippen LogP contribution is 2.12. The van der Waals surface area contributed by atoms with Crippen molar-refractivity contribution in [3.8, 4) is 0 Å². The Labute approximate surface area is 96.9 Å². The van der Waals surface area contributed by atoms with E-state index in [9.17, 15) is 9.59 Å². The van der Waals surface area contributed by atoms with Crippen LogP contribution < -0.4 is 17.0 Å². The van der Waals surface area contributed by atoms with E-state index in [1.807, 2.05) is 6.92 Å². The SMILES string of the molecule is CCC(N)c1nc2c([nH]1)c(=O)n(C)c(=O)n2C. The molecule has 0 saturated heterocycles. The number of aromatic nitrogens is 4. The van der Waals surface area contributed by atoms with Crippen LogP contribution in [0.25, 0.3) is 11.2 Å². The second-order valence-corrected chi connectivity index (χ2v) is 4.04. The summed E-state index contributed by atoms with van der Waals surface area (Å²) in [5, 5.41) is 0. The van der Waals surface area contributed by atoms with E-state index in [2.05, 4.69) is 9.97 Å². The van der Waals surface area contributed by atoms with Crippen molar-refractivity contribution in [3.63, 3.8) is 0 Å². The maximum atomic E-state index is 11.9. The van der Waals surface area contributed by atoms with Gasteiger partial charge in [0.1, 0.15) is 11.3 Å². The summed E-state index contributed by atoms with van der Waals surface area (Å²) in [4.78, 5) is 30.7. The highest BCUT2D eigenvalue weighted by atomic mass is 16.2. The van der Waals surface area contributed by atoms with Crippen LogP contribution in [-0.4, -0.2) is 19.1 Å². The van der Waals surface area contributed by atoms with Crippen LogP contribution in [0.1, 0.15) is 25.2 Å². The molecule has 7 nitrogen and oxygen atoms in total. The molecule has 2 aromatic heterocycles. The molecular weight excluding hydrogens is 222 g/mol. The fourth-order valence-corrected chi connectivity index (χ4v) is 1.71. The molecule has 0 amide bonds. The fraction of sp³-hybridized carbons (Fsp3) is 0.500. The highest BCUT2D eigenvalue weighted by molar-refractivity contribution is 5.69. The zero-order valence-corrected chi connectivity index (χ0v) is 10.0. The number of hydrogen-bond donors (Lipinski definition) is 2. The second kappa shape index (κ2) is 3.85. The lowest BCUT2D eigenvalue weighted by molar-refractivity contribution is 0.659. The number of aromatic amines is 1. The molecule has 92 valence electrons. The summed E-state index contributed by atoms with van der Waals surface area (Å²) in [6.45, 7) is 1.93. The highest BCUT2D eigenvalue weighted by Gasteiger charge is 2.15. The van der Waals surface area contributed by atoms with Crippen LogP contribution in [0.3, 0.4) is 0 Å². The third kappa shape index (κ3) is 1.59. The van der Waals surface area contributed by atoms with Gasteiger partial charge in [-0.25, -0.2) is 9.78 Å². The molecule has 1 unspecified atom stereocenters. The second-order valence-electron chi connectivity index (χ2n) is 4.04. The standard InChI is InChI=1S/C10H15N5O2/c1-4-5(11)7-12-6-8(13-7)14(2)10(17)15(3)9(6)16/h5H,4,11H2,1-3H3,(H,12,13). The molecule has 3 N–H and O–H groups in total. The zero-order chi connectivity index (χ0) is 12.7. The van der Waals surface area contributed by atoms with Gasteiger partial charge >= 0.3 is 5.69 Å². The van der Waals surface area contributed by atoms with Gasteiger partial charge in [0.05, 0.1) is 6.04 Å². The van der Waals surface area contributed by atoms with Gasteiger partial charge in [0, 0.05) is 14.1 Å². The number of imidazole rings is 1. The minimum absolute atomic E-state index is 0.262. The van der Waals surface area contributed by atoms with Crippen molar-refractivity contribution < 1.29 is 0 Å². The van der Waals surface area contributed by atoms with Gasteiger partial charge in [-0.1, -0.05) is 6.92 Å². The Morgan fingerprint density at radius 3 is 2.59 bits per heavy atom. The molecular formula is C10H15N5O2. The number of aryl methyl sites for hydroxylation is 1. The molecule has 0 aliphatic carbocycles. The summed E-state index contributed by atoms with van der Waals surface area (Å²) < 4.78 is 2.38. The molecule has 2 heterocycles. The molecule has 0 aliphatic rings. The third-order valence-corrected chi connectivity index (χ3v) is 2.90. The average Bonchev–Trinajstić information content (AvgIpc) is 2.77. The predicted octanol–water partition coefficient (Wildman–Crippen LogP) is -0.630. The summed E-state index contributed by atoms with van der Waals surface area (Å²) in [5.74, 6) is 0.529. The van der Waals surface area contributed by atoms with Gasteiger partial charge in [-0.3, -0.25) is 13.9 Å². The maximum absolute atomic E-state index is 11.9. The van der Waals surface area contributed by atoms with Crippen molar-refractivity contribution in [2.75, 3.05) is 0 Å². The van der Waals surface area contributed by atoms with E-state index in [0.717, 1.165) is 4.57 Å². The van der Waals surface area contributed by atoms with Gasteiger partial charge in [-0.15, -0.1) is 0 Å². The number of nitrogens with one attached hydrogen (secondary N) is 1. The number of nitrogens with two attached hydrogens (primary N) is 1. The Kier molecular flexibility index (Phi) is 2.62. The lowest BCUT2D eigenvalue weighted by atomic mass is 10.2. The molecule has 2 aromatic rings. The molecule has 1 atom stereocenters. The van der Waals surface area contributed by atoms with Crippen LogP contribution in [0.5, 0.6) is 0 Å². The molecule has 0 radical (unpaired) electrons. The first-order valence-electron chi connectivity index (χ1n) is 5.38. The predicted molar refractivity (Wildman–Crippen MR) is 63.8 cm³/mol. The number of hydrogen-bond acceptors (Lipinski definition) is 4. The Hall–Kier alpha value is -1.89. The third-order valence-electron chi connectivity index (χ3n) is 2.90. The number of fused-ring (bicyclic) bond motifs is 1. The van der Waals surface area contributed by atoms with Crippen LogP contribution in [0.2, 0.25) is 0 Å². The normalized spacial score (nSPS) is 13.2. The number of nitrogens with zero attached hydrogens (tertiary/aromatic N) is 3. The minimum Gasteiger partial charge on any atom is -0.335 e. The lowest BCUT2D eigenvalue weighted by Gasteiger charge is -2.02. The van der Waals surface area contributed by atoms with E-state index in [1.165, 1.54) is 11.6 Å². The lowest BCUT2D eigenvalue weighted by Crippen LogP contribution is -2.36. The first kappa shape index (κ1) is 11.6. The number of rotatable bonds is 2. The molecule has 0 saturated carbocycles. The van der Waals surface area contributed by atoms with Crippen LogP contribution in [0.15, 0.2) is 9.59 Å². The smallest absolute Gasteiger partial charge is 0.332 e. The van der Waals surface area contributed by atoms with E-state index in [0.29, 0.717) is 23.4 Å². The van der Waals surface area contributed by atoms with Gasteiger partial charge in [0.15, 0.2) is 5.65 Å². The molecule has 0 aromatic carbocycles. The molecule has 0 aliphatic heterocycles. The van der Waals surface area contributed by atoms with Gasteiger partial charge < -0.3 is 10.7 Å². The fourth-order valence-electron chi connectivity index (χ4n) is 1.71. The van der Waals surface area contributed by atoms with E-state index in [4.69, 9.17) is 5.73 Å². The molecule has 0 spiro atoms. The molecule has 2 rings (SSSR count). The van der Waals surface area contributed by atoms with Crippen molar-refractivity contribution in [2.45, 2.75) is 19.4 Å². The first-order chi connectivity index (χ1) is 7.97. The van der Waals surface area contributed by atoms with Gasteiger partial charge in [-0.05, 0) is 6.42 Å². The topological polar surface area (TPSA) is 98.7 Å². The van der Waals surface area contributed by atoms with Gasteiger partial charge in [-0.2, -0.15) is 0 Å². The van der Waals surface area contributed by atoms with Crippen molar-refractivity contribution in [3.05, 3.63) is 26.7 Å². The molecule has 0 bridgehead atoms. The Morgan fingerprint density at radius 2 is 2.00 bits per heavy atom. The van der Waals surface area contributed by atoms with E-state index in [1.54, 1.807) is 7.05 Å². The molecule has 0 fully saturated rings. The molecule has 7 heteroatoms. The summed E-state index contributed by atoms with van der Waals surface area (Å²) in [6.07, 6.45) is 0.702. The Balaban J connectivity index is 2.86. The average molecular weight is 237 g/mol. The summed E-state index contributed by atoms with van der Waals surface area (Å²) in [5.41, 5.74) is 5.72. The van der Waals surface area contributed by atoms with Crippen LogP contribution in [-0.2, 0) is 14.1 Å².